The molecule has 0 unspecified atom stereocenters. The van der Waals surface area contributed by atoms with E-state index in [1.54, 1.807) is 13.8 Å². The van der Waals surface area contributed by atoms with Crippen LogP contribution in [0, 0.1) is 0 Å². The van der Waals surface area contributed by atoms with E-state index in [9.17, 15) is 9.59 Å². The topological polar surface area (TPSA) is 66.4 Å². The van der Waals surface area contributed by atoms with Crippen molar-refractivity contribution >= 4 is 11.9 Å². The molecule has 4 heteroatoms. The Morgan fingerprint density at radius 2 is 1.93 bits per heavy atom. The molecule has 0 bridgehead atoms. The Labute approximate surface area is 83.3 Å². The number of amides is 1. The molecule has 1 atom stereocenters. The number of carboxylic acids is 1. The molecule has 0 spiro atoms. The van der Waals surface area contributed by atoms with Crippen LogP contribution in [0.1, 0.15) is 20.3 Å². The maximum Gasteiger partial charge on any atom is 0.333 e. The zero-order valence-corrected chi connectivity index (χ0v) is 8.46. The van der Waals surface area contributed by atoms with E-state index < -0.39 is 12.0 Å². The molecule has 0 aliphatic rings. The largest absolute Gasteiger partial charge is 0.478 e. The number of nitrogens with one attached hydrogen (secondary N) is 1. The van der Waals surface area contributed by atoms with Crippen molar-refractivity contribution in [3.05, 3.63) is 24.3 Å². The summed E-state index contributed by atoms with van der Waals surface area (Å²) in [6.45, 7) is 10.2. The molecule has 0 fully saturated rings. The van der Waals surface area contributed by atoms with E-state index in [4.69, 9.17) is 5.11 Å². The first-order valence-electron chi connectivity index (χ1n) is 4.28. The fraction of sp³-hybridized carbons (Fsp3) is 0.400. The minimum atomic E-state index is -1.10. The first-order chi connectivity index (χ1) is 6.40. The zero-order valence-electron chi connectivity index (χ0n) is 8.46. The van der Waals surface area contributed by atoms with Gasteiger partial charge in [-0.1, -0.05) is 20.1 Å². The van der Waals surface area contributed by atoms with Crippen molar-refractivity contribution in [2.24, 2.45) is 0 Å². The van der Waals surface area contributed by atoms with Crippen LogP contribution >= 0.6 is 0 Å². The van der Waals surface area contributed by atoms with Gasteiger partial charge in [0.05, 0.1) is 11.6 Å². The maximum absolute atomic E-state index is 11.2. The normalized spacial score (nSPS) is 11.6. The van der Waals surface area contributed by atoms with Gasteiger partial charge in [-0.15, -0.1) is 0 Å². The van der Waals surface area contributed by atoms with Crippen LogP contribution in [0.15, 0.2) is 24.3 Å². The van der Waals surface area contributed by atoms with E-state index in [1.165, 1.54) is 0 Å². The number of hydrogen-bond acceptors (Lipinski definition) is 2. The molecule has 0 aliphatic heterocycles. The van der Waals surface area contributed by atoms with E-state index >= 15 is 0 Å². The molecule has 0 aromatic heterocycles. The molecule has 0 saturated heterocycles. The number of carboxylic acid groups (broad SMARTS) is 1. The van der Waals surface area contributed by atoms with E-state index in [0.717, 1.165) is 0 Å². The molecule has 0 heterocycles. The van der Waals surface area contributed by atoms with Crippen molar-refractivity contribution < 1.29 is 14.7 Å². The second-order valence-electron chi connectivity index (χ2n) is 3.05. The van der Waals surface area contributed by atoms with E-state index in [1.807, 2.05) is 0 Å². The third-order valence-electron chi connectivity index (χ3n) is 1.80. The first-order valence-corrected chi connectivity index (χ1v) is 4.28. The van der Waals surface area contributed by atoms with Gasteiger partial charge in [-0.2, -0.15) is 0 Å². The molecule has 14 heavy (non-hydrogen) atoms. The Morgan fingerprint density at radius 1 is 1.43 bits per heavy atom. The van der Waals surface area contributed by atoms with Gasteiger partial charge in [-0.25, -0.2) is 4.79 Å². The lowest BCUT2D eigenvalue weighted by atomic mass is 10.1. The number of rotatable bonds is 5. The second-order valence-corrected chi connectivity index (χ2v) is 3.05. The summed E-state index contributed by atoms with van der Waals surface area (Å²) in [6.07, 6.45) is 0.490. The number of aliphatic carboxylic acids is 1. The zero-order chi connectivity index (χ0) is 11.3. The van der Waals surface area contributed by atoms with Gasteiger partial charge in [0, 0.05) is 5.57 Å². The molecule has 0 aromatic carbocycles. The third-order valence-corrected chi connectivity index (χ3v) is 1.80. The summed E-state index contributed by atoms with van der Waals surface area (Å²) in [5.41, 5.74) is 0.337. The molecule has 78 valence electrons. The highest BCUT2D eigenvalue weighted by Crippen LogP contribution is 2.05. The molecule has 0 radical (unpaired) electrons. The summed E-state index contributed by atoms with van der Waals surface area (Å²) in [7, 11) is 0. The predicted molar refractivity (Wildman–Crippen MR) is 53.8 cm³/mol. The molecule has 0 aromatic rings. The van der Waals surface area contributed by atoms with Gasteiger partial charge >= 0.3 is 5.97 Å². The first kappa shape index (κ1) is 12.4. The SMILES string of the molecule is C=C(C)C(=O)N[C@@H](CC)C(=C)C(=O)O. The van der Waals surface area contributed by atoms with Crippen molar-refractivity contribution in [2.45, 2.75) is 26.3 Å². The highest BCUT2D eigenvalue weighted by molar-refractivity contribution is 5.94. The minimum absolute atomic E-state index is 0.0119. The molecular weight excluding hydrogens is 182 g/mol. The Balaban J connectivity index is 4.45. The summed E-state index contributed by atoms with van der Waals surface area (Å²) < 4.78 is 0. The number of hydrogen-bond donors (Lipinski definition) is 2. The second kappa shape index (κ2) is 5.21. The third kappa shape index (κ3) is 3.43. The van der Waals surface area contributed by atoms with Crippen LogP contribution in [-0.2, 0) is 9.59 Å². The lowest BCUT2D eigenvalue weighted by Gasteiger charge is -2.16. The van der Waals surface area contributed by atoms with Crippen LogP contribution in [-0.4, -0.2) is 23.0 Å². The van der Waals surface area contributed by atoms with Crippen LogP contribution in [0.3, 0.4) is 0 Å². The van der Waals surface area contributed by atoms with Crippen molar-refractivity contribution in [1.29, 1.82) is 0 Å². The van der Waals surface area contributed by atoms with Crippen molar-refractivity contribution in [1.82, 2.24) is 5.32 Å². The fourth-order valence-corrected chi connectivity index (χ4v) is 0.866. The number of carbonyl (C=O) groups is 2. The van der Waals surface area contributed by atoms with Gasteiger partial charge in [0.1, 0.15) is 0 Å². The van der Waals surface area contributed by atoms with Gasteiger partial charge in [-0.05, 0) is 13.3 Å². The van der Waals surface area contributed by atoms with Crippen LogP contribution in [0.25, 0.3) is 0 Å². The minimum Gasteiger partial charge on any atom is -0.478 e. The van der Waals surface area contributed by atoms with Crippen LogP contribution in [0.2, 0.25) is 0 Å². The maximum atomic E-state index is 11.2. The molecule has 0 rings (SSSR count). The van der Waals surface area contributed by atoms with E-state index in [0.29, 0.717) is 12.0 Å². The number of carbonyl (C=O) groups excluding carboxylic acids is 1. The average molecular weight is 197 g/mol. The van der Waals surface area contributed by atoms with Gasteiger partial charge < -0.3 is 10.4 Å². The van der Waals surface area contributed by atoms with Gasteiger partial charge in [0.15, 0.2) is 0 Å². The predicted octanol–water partition coefficient (Wildman–Crippen LogP) is 1.10. The fourth-order valence-electron chi connectivity index (χ4n) is 0.866. The summed E-state index contributed by atoms with van der Waals surface area (Å²) in [5, 5.41) is 11.2. The summed E-state index contributed by atoms with van der Waals surface area (Å²) in [4.78, 5) is 21.8. The van der Waals surface area contributed by atoms with Crippen LogP contribution in [0.4, 0.5) is 0 Å². The quantitative estimate of drug-likeness (QED) is 0.648. The smallest absolute Gasteiger partial charge is 0.333 e. The van der Waals surface area contributed by atoms with Gasteiger partial charge in [-0.3, -0.25) is 4.79 Å². The molecule has 2 N–H and O–H groups in total. The van der Waals surface area contributed by atoms with E-state index in [-0.39, 0.29) is 11.5 Å². The lowest BCUT2D eigenvalue weighted by Crippen LogP contribution is -2.37. The highest BCUT2D eigenvalue weighted by atomic mass is 16.4. The Bertz CT molecular complexity index is 281. The molecule has 4 nitrogen and oxygen atoms in total. The molecule has 0 saturated carbocycles. The average Bonchev–Trinajstić information content (AvgIpc) is 2.12. The van der Waals surface area contributed by atoms with Crippen molar-refractivity contribution in [3.8, 4) is 0 Å². The summed E-state index contributed by atoms with van der Waals surface area (Å²) in [5.74, 6) is -1.45. The van der Waals surface area contributed by atoms with Gasteiger partial charge in [0.2, 0.25) is 5.91 Å². The van der Waals surface area contributed by atoms with Crippen LogP contribution in [0.5, 0.6) is 0 Å². The monoisotopic (exact) mass is 197 g/mol. The molecular formula is C10H15NO3. The van der Waals surface area contributed by atoms with Crippen molar-refractivity contribution in [2.75, 3.05) is 0 Å². The Hall–Kier alpha value is -1.58. The van der Waals surface area contributed by atoms with Crippen molar-refractivity contribution in [3.63, 3.8) is 0 Å². The Kier molecular flexibility index (Phi) is 4.63. The molecule has 1 amide bonds. The Morgan fingerprint density at radius 3 is 2.21 bits per heavy atom. The summed E-state index contributed by atoms with van der Waals surface area (Å²) in [6, 6.07) is -0.531. The van der Waals surface area contributed by atoms with Gasteiger partial charge in [0.25, 0.3) is 0 Å². The standard InChI is InChI=1S/C10H15NO3/c1-5-8(7(4)10(13)14)11-9(12)6(2)3/h8H,2,4-5H2,1,3H3,(H,11,12)(H,13,14)/t8-/m0/s1. The van der Waals surface area contributed by atoms with Crippen LogP contribution < -0.4 is 5.32 Å². The van der Waals surface area contributed by atoms with E-state index in [2.05, 4.69) is 18.5 Å². The lowest BCUT2D eigenvalue weighted by molar-refractivity contribution is -0.133. The summed E-state index contributed by atoms with van der Waals surface area (Å²) >= 11 is 0. The highest BCUT2D eigenvalue weighted by Gasteiger charge is 2.18. The molecule has 0 aliphatic carbocycles.